The second kappa shape index (κ2) is 6.50. The van der Waals surface area contributed by atoms with Gasteiger partial charge in [0, 0.05) is 23.9 Å². The Balaban J connectivity index is 2.01. The molecule has 0 aliphatic heterocycles. The molecule has 8 heteroatoms. The minimum atomic E-state index is -4.46. The third-order valence-electron chi connectivity index (χ3n) is 2.73. The smallest absolute Gasteiger partial charge is 0.422 e. The van der Waals surface area contributed by atoms with Crippen molar-refractivity contribution in [3.05, 3.63) is 47.5 Å². The molecular weight excluding hydrogens is 301 g/mol. The van der Waals surface area contributed by atoms with Crippen molar-refractivity contribution in [1.29, 1.82) is 0 Å². The molecule has 0 atom stereocenters. The highest BCUT2D eigenvalue weighted by molar-refractivity contribution is 5.92. The van der Waals surface area contributed by atoms with Crippen LogP contribution < -0.4 is 10.1 Å². The molecule has 1 amide bonds. The monoisotopic (exact) mass is 314 g/mol. The zero-order chi connectivity index (χ0) is 16.2. The standard InChI is InChI=1S/C14H13F3N2O3/c1-9-4-6-21-11(9)12(20)19-7-10-3-2-5-18-13(10)22-8-14(15,16)17/h2-6H,7-8H2,1H3,(H,19,20). The first-order valence-corrected chi connectivity index (χ1v) is 6.32. The molecule has 1 N–H and O–H groups in total. The van der Waals surface area contributed by atoms with E-state index in [-0.39, 0.29) is 18.2 Å². The van der Waals surface area contributed by atoms with Crippen LogP contribution in [0.15, 0.2) is 35.1 Å². The molecule has 2 aromatic rings. The van der Waals surface area contributed by atoms with Crippen molar-refractivity contribution in [2.75, 3.05) is 6.61 Å². The number of hydrogen-bond acceptors (Lipinski definition) is 4. The normalized spacial score (nSPS) is 11.3. The van der Waals surface area contributed by atoms with Crippen LogP contribution in [0.2, 0.25) is 0 Å². The van der Waals surface area contributed by atoms with Gasteiger partial charge in [-0.05, 0) is 19.1 Å². The number of carbonyl (C=O) groups excluding carboxylic acids is 1. The number of hydrogen-bond donors (Lipinski definition) is 1. The van der Waals surface area contributed by atoms with E-state index < -0.39 is 18.7 Å². The summed E-state index contributed by atoms with van der Waals surface area (Å²) in [6.45, 7) is 0.239. The fourth-order valence-corrected chi connectivity index (χ4v) is 1.70. The topological polar surface area (TPSA) is 64.4 Å². The molecule has 118 valence electrons. The Morgan fingerprint density at radius 1 is 1.41 bits per heavy atom. The first-order valence-electron chi connectivity index (χ1n) is 6.32. The first-order chi connectivity index (χ1) is 10.4. The Hall–Kier alpha value is -2.51. The number of halogens is 3. The number of ether oxygens (including phenoxy) is 1. The second-order valence-corrected chi connectivity index (χ2v) is 4.49. The van der Waals surface area contributed by atoms with Gasteiger partial charge in [0.2, 0.25) is 5.88 Å². The van der Waals surface area contributed by atoms with Crippen LogP contribution in [0.25, 0.3) is 0 Å². The summed E-state index contributed by atoms with van der Waals surface area (Å²) in [6, 6.07) is 4.70. The fourth-order valence-electron chi connectivity index (χ4n) is 1.70. The zero-order valence-electron chi connectivity index (χ0n) is 11.6. The van der Waals surface area contributed by atoms with Gasteiger partial charge in [0.15, 0.2) is 12.4 Å². The predicted octanol–water partition coefficient (Wildman–Crippen LogP) is 2.85. The maximum absolute atomic E-state index is 12.2. The molecule has 0 saturated carbocycles. The Morgan fingerprint density at radius 2 is 2.18 bits per heavy atom. The predicted molar refractivity (Wildman–Crippen MR) is 70.4 cm³/mol. The third-order valence-corrected chi connectivity index (χ3v) is 2.73. The van der Waals surface area contributed by atoms with Gasteiger partial charge in [-0.3, -0.25) is 4.79 Å². The van der Waals surface area contributed by atoms with Gasteiger partial charge in [-0.25, -0.2) is 4.98 Å². The number of furan rings is 1. The van der Waals surface area contributed by atoms with Crippen molar-refractivity contribution in [3.8, 4) is 5.88 Å². The van der Waals surface area contributed by atoms with Gasteiger partial charge in [-0.2, -0.15) is 13.2 Å². The third kappa shape index (κ3) is 4.24. The van der Waals surface area contributed by atoms with E-state index in [0.717, 1.165) is 0 Å². The molecule has 0 fully saturated rings. The molecule has 0 radical (unpaired) electrons. The summed E-state index contributed by atoms with van der Waals surface area (Å²) in [4.78, 5) is 15.6. The second-order valence-electron chi connectivity index (χ2n) is 4.49. The molecule has 0 saturated heterocycles. The van der Waals surface area contributed by atoms with E-state index in [1.807, 2.05) is 0 Å². The number of nitrogens with zero attached hydrogens (tertiary/aromatic N) is 1. The largest absolute Gasteiger partial charge is 0.468 e. The highest BCUT2D eigenvalue weighted by Gasteiger charge is 2.29. The maximum Gasteiger partial charge on any atom is 0.422 e. The van der Waals surface area contributed by atoms with Crippen LogP contribution >= 0.6 is 0 Å². The Kier molecular flexibility index (Phi) is 4.69. The maximum atomic E-state index is 12.2. The lowest BCUT2D eigenvalue weighted by Gasteiger charge is -2.12. The Bertz CT molecular complexity index is 653. The van der Waals surface area contributed by atoms with Crippen LogP contribution in [-0.4, -0.2) is 23.7 Å². The minimum absolute atomic E-state index is 0.0278. The summed E-state index contributed by atoms with van der Waals surface area (Å²) in [6.07, 6.45) is -1.76. The molecule has 0 bridgehead atoms. The lowest BCUT2D eigenvalue weighted by atomic mass is 10.2. The summed E-state index contributed by atoms with van der Waals surface area (Å²) < 4.78 is 46.2. The van der Waals surface area contributed by atoms with Crippen LogP contribution in [0.1, 0.15) is 21.7 Å². The van der Waals surface area contributed by atoms with Gasteiger partial charge in [0.05, 0.1) is 6.26 Å². The molecule has 5 nitrogen and oxygen atoms in total. The minimum Gasteiger partial charge on any atom is -0.468 e. The molecule has 0 spiro atoms. The molecule has 22 heavy (non-hydrogen) atoms. The number of carbonyl (C=O) groups is 1. The van der Waals surface area contributed by atoms with E-state index in [1.165, 1.54) is 18.5 Å². The van der Waals surface area contributed by atoms with Crippen LogP contribution in [0, 0.1) is 6.92 Å². The van der Waals surface area contributed by atoms with Crippen molar-refractivity contribution in [3.63, 3.8) is 0 Å². The van der Waals surface area contributed by atoms with E-state index >= 15 is 0 Å². The van der Waals surface area contributed by atoms with Gasteiger partial charge in [0.1, 0.15) is 0 Å². The first kappa shape index (κ1) is 15.9. The van der Waals surface area contributed by atoms with Gasteiger partial charge in [0.25, 0.3) is 5.91 Å². The van der Waals surface area contributed by atoms with Crippen molar-refractivity contribution < 1.29 is 27.1 Å². The SMILES string of the molecule is Cc1ccoc1C(=O)NCc1cccnc1OCC(F)(F)F. The molecular formula is C14H13F3N2O3. The highest BCUT2D eigenvalue weighted by atomic mass is 19.4. The lowest BCUT2D eigenvalue weighted by molar-refractivity contribution is -0.154. The molecule has 0 aliphatic rings. The number of rotatable bonds is 5. The van der Waals surface area contributed by atoms with E-state index in [9.17, 15) is 18.0 Å². The van der Waals surface area contributed by atoms with Crippen LogP contribution in [0.5, 0.6) is 5.88 Å². The van der Waals surface area contributed by atoms with Crippen LogP contribution in [0.4, 0.5) is 13.2 Å². The van der Waals surface area contributed by atoms with Crippen molar-refractivity contribution in [2.45, 2.75) is 19.6 Å². The van der Waals surface area contributed by atoms with E-state index in [1.54, 1.807) is 19.1 Å². The molecule has 2 aromatic heterocycles. The van der Waals surface area contributed by atoms with Crippen molar-refractivity contribution in [1.82, 2.24) is 10.3 Å². The van der Waals surface area contributed by atoms with Crippen LogP contribution in [-0.2, 0) is 6.54 Å². The molecule has 0 aromatic carbocycles. The van der Waals surface area contributed by atoms with Gasteiger partial charge >= 0.3 is 6.18 Å². The number of aryl methyl sites for hydroxylation is 1. The average Bonchev–Trinajstić information content (AvgIpc) is 2.89. The Labute approximate surface area is 124 Å². The van der Waals surface area contributed by atoms with E-state index in [2.05, 4.69) is 15.0 Å². The van der Waals surface area contributed by atoms with E-state index in [4.69, 9.17) is 4.42 Å². The highest BCUT2D eigenvalue weighted by Crippen LogP contribution is 2.20. The average molecular weight is 314 g/mol. The van der Waals surface area contributed by atoms with Gasteiger partial charge < -0.3 is 14.5 Å². The molecule has 2 heterocycles. The Morgan fingerprint density at radius 3 is 2.82 bits per heavy atom. The van der Waals surface area contributed by atoms with Gasteiger partial charge in [-0.1, -0.05) is 6.07 Å². The van der Waals surface area contributed by atoms with Crippen molar-refractivity contribution >= 4 is 5.91 Å². The number of nitrogens with one attached hydrogen (secondary N) is 1. The number of amides is 1. The number of aromatic nitrogens is 1. The van der Waals surface area contributed by atoms with Crippen LogP contribution in [0.3, 0.4) is 0 Å². The quantitative estimate of drug-likeness (QED) is 0.921. The summed E-state index contributed by atoms with van der Waals surface area (Å²) in [7, 11) is 0. The molecule has 0 aliphatic carbocycles. The summed E-state index contributed by atoms with van der Waals surface area (Å²) in [5.41, 5.74) is 1.00. The fraction of sp³-hybridized carbons (Fsp3) is 0.286. The summed E-state index contributed by atoms with van der Waals surface area (Å²) >= 11 is 0. The lowest BCUT2D eigenvalue weighted by Crippen LogP contribution is -2.24. The van der Waals surface area contributed by atoms with Gasteiger partial charge in [-0.15, -0.1) is 0 Å². The van der Waals surface area contributed by atoms with E-state index in [0.29, 0.717) is 11.1 Å². The molecule has 2 rings (SSSR count). The summed E-state index contributed by atoms with van der Waals surface area (Å²) in [5, 5.41) is 2.55. The zero-order valence-corrected chi connectivity index (χ0v) is 11.6. The van der Waals surface area contributed by atoms with Crippen molar-refractivity contribution in [2.24, 2.45) is 0 Å². The number of pyridine rings is 1. The summed E-state index contributed by atoms with van der Waals surface area (Å²) in [5.74, 6) is -0.480. The number of alkyl halides is 3. The molecule has 0 unspecified atom stereocenters.